The first-order chi connectivity index (χ1) is 9.03. The first-order valence-electron chi connectivity index (χ1n) is 7.76. The molecule has 0 saturated heterocycles. The van der Waals surface area contributed by atoms with Gasteiger partial charge in [-0.1, -0.05) is 20.8 Å². The molecule has 1 atom stereocenters. The molecule has 0 aliphatic rings. The lowest BCUT2D eigenvalue weighted by atomic mass is 9.89. The number of aliphatic imine (C=N–C) groups is 1. The number of hydrogen-bond acceptors (Lipinski definition) is 2. The molecule has 0 rings (SSSR count). The number of hydrogen-bond donors (Lipinski definition) is 3. The molecule has 0 heterocycles. The molecule has 20 heavy (non-hydrogen) atoms. The third-order valence-corrected chi connectivity index (χ3v) is 3.01. The second-order valence-electron chi connectivity index (χ2n) is 7.82. The monoisotopic (exact) mass is 284 g/mol. The molecule has 0 aromatic heterocycles. The summed E-state index contributed by atoms with van der Waals surface area (Å²) in [5.41, 5.74) is 0.558. The SMILES string of the molecule is CN=C(NCCNC(C)(C)C)NC(C)CCC(C)(C)C. The minimum atomic E-state index is 0.165. The molecule has 0 bridgehead atoms. The zero-order valence-electron chi connectivity index (χ0n) is 14.9. The average Bonchev–Trinajstić information content (AvgIpc) is 2.28. The molecule has 120 valence electrons. The lowest BCUT2D eigenvalue weighted by molar-refractivity contribution is 0.346. The molecule has 0 spiro atoms. The summed E-state index contributed by atoms with van der Waals surface area (Å²) in [6.07, 6.45) is 2.37. The van der Waals surface area contributed by atoms with Gasteiger partial charge in [0.15, 0.2) is 5.96 Å². The number of nitrogens with zero attached hydrogens (tertiary/aromatic N) is 1. The second kappa shape index (κ2) is 8.50. The molecule has 0 aromatic rings. The van der Waals surface area contributed by atoms with Crippen molar-refractivity contribution in [3.8, 4) is 0 Å². The molecule has 0 amide bonds. The Hall–Kier alpha value is -0.770. The summed E-state index contributed by atoms with van der Waals surface area (Å²) < 4.78 is 0. The van der Waals surface area contributed by atoms with Gasteiger partial charge in [0.2, 0.25) is 0 Å². The van der Waals surface area contributed by atoms with Crippen LogP contribution in [0.2, 0.25) is 0 Å². The van der Waals surface area contributed by atoms with Crippen LogP contribution in [0.3, 0.4) is 0 Å². The van der Waals surface area contributed by atoms with Crippen molar-refractivity contribution < 1.29 is 0 Å². The molecular formula is C16H36N4. The van der Waals surface area contributed by atoms with Gasteiger partial charge in [-0.2, -0.15) is 0 Å². The van der Waals surface area contributed by atoms with Gasteiger partial charge >= 0.3 is 0 Å². The van der Waals surface area contributed by atoms with Crippen LogP contribution in [0.15, 0.2) is 4.99 Å². The summed E-state index contributed by atoms with van der Waals surface area (Å²) in [5, 5.41) is 10.2. The molecule has 4 nitrogen and oxygen atoms in total. The Kier molecular flexibility index (Phi) is 8.17. The maximum Gasteiger partial charge on any atom is 0.191 e. The van der Waals surface area contributed by atoms with Crippen molar-refractivity contribution in [3.05, 3.63) is 0 Å². The van der Waals surface area contributed by atoms with E-state index in [4.69, 9.17) is 0 Å². The highest BCUT2D eigenvalue weighted by Gasteiger charge is 2.13. The summed E-state index contributed by atoms with van der Waals surface area (Å²) >= 11 is 0. The average molecular weight is 284 g/mol. The van der Waals surface area contributed by atoms with E-state index in [9.17, 15) is 0 Å². The van der Waals surface area contributed by atoms with E-state index < -0.39 is 0 Å². The van der Waals surface area contributed by atoms with Gasteiger partial charge in [0.1, 0.15) is 0 Å². The Morgan fingerprint density at radius 2 is 1.65 bits per heavy atom. The summed E-state index contributed by atoms with van der Waals surface area (Å²) in [7, 11) is 1.82. The largest absolute Gasteiger partial charge is 0.355 e. The van der Waals surface area contributed by atoms with E-state index in [1.165, 1.54) is 6.42 Å². The van der Waals surface area contributed by atoms with Gasteiger partial charge in [0, 0.05) is 31.7 Å². The van der Waals surface area contributed by atoms with Crippen LogP contribution in [0.1, 0.15) is 61.3 Å². The minimum absolute atomic E-state index is 0.165. The zero-order valence-corrected chi connectivity index (χ0v) is 14.9. The molecule has 0 aliphatic heterocycles. The number of rotatable bonds is 6. The summed E-state index contributed by atoms with van der Waals surface area (Å²) in [5.74, 6) is 0.891. The van der Waals surface area contributed by atoms with E-state index in [0.29, 0.717) is 11.5 Å². The first kappa shape index (κ1) is 19.2. The molecule has 0 aromatic carbocycles. The minimum Gasteiger partial charge on any atom is -0.355 e. The second-order valence-corrected chi connectivity index (χ2v) is 7.82. The fraction of sp³-hybridized carbons (Fsp3) is 0.938. The maximum atomic E-state index is 4.27. The van der Waals surface area contributed by atoms with Gasteiger partial charge in [0.05, 0.1) is 0 Å². The standard InChI is InChI=1S/C16H36N4/c1-13(9-10-15(2,3)4)20-14(17-8)18-11-12-19-16(5,6)7/h13,19H,9-12H2,1-8H3,(H2,17,18,20). The predicted molar refractivity (Wildman–Crippen MR) is 90.4 cm³/mol. The number of nitrogens with one attached hydrogen (secondary N) is 3. The Morgan fingerprint density at radius 3 is 2.10 bits per heavy atom. The highest BCUT2D eigenvalue weighted by Crippen LogP contribution is 2.21. The third-order valence-electron chi connectivity index (χ3n) is 3.01. The first-order valence-corrected chi connectivity index (χ1v) is 7.76. The topological polar surface area (TPSA) is 48.5 Å². The highest BCUT2D eigenvalue weighted by molar-refractivity contribution is 5.79. The number of guanidine groups is 1. The van der Waals surface area contributed by atoms with Crippen LogP contribution in [-0.4, -0.2) is 37.7 Å². The molecular weight excluding hydrogens is 248 g/mol. The Morgan fingerprint density at radius 1 is 1.05 bits per heavy atom. The van der Waals surface area contributed by atoms with Crippen molar-refractivity contribution in [2.75, 3.05) is 20.1 Å². The van der Waals surface area contributed by atoms with E-state index >= 15 is 0 Å². The molecule has 0 radical (unpaired) electrons. The van der Waals surface area contributed by atoms with Gasteiger partial charge in [-0.3, -0.25) is 4.99 Å². The Bertz CT molecular complexity index is 284. The van der Waals surface area contributed by atoms with E-state index in [1.54, 1.807) is 0 Å². The van der Waals surface area contributed by atoms with Crippen molar-refractivity contribution in [1.82, 2.24) is 16.0 Å². The van der Waals surface area contributed by atoms with Crippen LogP contribution in [-0.2, 0) is 0 Å². The molecule has 1 unspecified atom stereocenters. The van der Waals surface area contributed by atoms with Gasteiger partial charge in [-0.05, 0) is 46.0 Å². The van der Waals surface area contributed by atoms with Crippen molar-refractivity contribution in [1.29, 1.82) is 0 Å². The summed E-state index contributed by atoms with van der Waals surface area (Å²) in [6, 6.07) is 0.441. The van der Waals surface area contributed by atoms with Crippen LogP contribution in [0.25, 0.3) is 0 Å². The zero-order chi connectivity index (χ0) is 15.8. The molecule has 4 heteroatoms. The van der Waals surface area contributed by atoms with Crippen LogP contribution in [0.4, 0.5) is 0 Å². The van der Waals surface area contributed by atoms with Crippen molar-refractivity contribution >= 4 is 5.96 Å². The van der Waals surface area contributed by atoms with Crippen molar-refractivity contribution in [2.45, 2.75) is 72.9 Å². The summed E-state index contributed by atoms with van der Waals surface area (Å²) in [4.78, 5) is 4.27. The highest BCUT2D eigenvalue weighted by atomic mass is 15.2. The van der Waals surface area contributed by atoms with Gasteiger partial charge in [0.25, 0.3) is 0 Å². The molecule has 3 N–H and O–H groups in total. The van der Waals surface area contributed by atoms with Crippen molar-refractivity contribution in [3.63, 3.8) is 0 Å². The quantitative estimate of drug-likeness (QED) is 0.399. The maximum absolute atomic E-state index is 4.27. The van der Waals surface area contributed by atoms with Gasteiger partial charge in [-0.15, -0.1) is 0 Å². The van der Waals surface area contributed by atoms with Crippen LogP contribution >= 0.6 is 0 Å². The van der Waals surface area contributed by atoms with Crippen LogP contribution < -0.4 is 16.0 Å². The third kappa shape index (κ3) is 12.3. The van der Waals surface area contributed by atoms with Crippen LogP contribution in [0.5, 0.6) is 0 Å². The van der Waals surface area contributed by atoms with E-state index in [2.05, 4.69) is 69.4 Å². The lowest BCUT2D eigenvalue weighted by Crippen LogP contribution is -2.46. The van der Waals surface area contributed by atoms with E-state index in [0.717, 1.165) is 25.5 Å². The Labute approximate surface area is 126 Å². The van der Waals surface area contributed by atoms with E-state index in [-0.39, 0.29) is 5.54 Å². The van der Waals surface area contributed by atoms with Crippen molar-refractivity contribution in [2.24, 2.45) is 10.4 Å². The smallest absolute Gasteiger partial charge is 0.191 e. The fourth-order valence-electron chi connectivity index (χ4n) is 1.77. The predicted octanol–water partition coefficient (Wildman–Crippen LogP) is 2.75. The normalized spacial score (nSPS) is 15.1. The lowest BCUT2D eigenvalue weighted by Gasteiger charge is -2.24. The van der Waals surface area contributed by atoms with Crippen LogP contribution in [0, 0.1) is 5.41 Å². The Balaban J connectivity index is 3.93. The summed E-state index contributed by atoms with van der Waals surface area (Å²) in [6.45, 7) is 17.4. The van der Waals surface area contributed by atoms with Gasteiger partial charge < -0.3 is 16.0 Å². The van der Waals surface area contributed by atoms with Gasteiger partial charge in [-0.25, -0.2) is 0 Å². The van der Waals surface area contributed by atoms with E-state index in [1.807, 2.05) is 7.05 Å². The molecule has 0 aliphatic carbocycles. The molecule has 0 fully saturated rings. The fourth-order valence-corrected chi connectivity index (χ4v) is 1.77. The molecule has 0 saturated carbocycles.